The summed E-state index contributed by atoms with van der Waals surface area (Å²) < 4.78 is 17.4. The SMILES string of the molecule is COc1cc(C(=O)n2nc(NCc3cccc(Cl)c3)nc2NCc2cccc(Cl)c2)cc(OC)c1OC. The molecule has 3 aromatic carbocycles. The van der Waals surface area contributed by atoms with Gasteiger partial charge in [-0.2, -0.15) is 9.67 Å². The number of nitrogens with zero attached hydrogens (tertiary/aromatic N) is 3. The van der Waals surface area contributed by atoms with Crippen molar-refractivity contribution in [3.05, 3.63) is 87.4 Å². The number of halogens is 2. The second-order valence-electron chi connectivity index (χ2n) is 7.86. The molecule has 0 radical (unpaired) electrons. The molecule has 0 saturated carbocycles. The molecule has 0 spiro atoms. The molecule has 9 nitrogen and oxygen atoms in total. The lowest BCUT2D eigenvalue weighted by atomic mass is 10.1. The van der Waals surface area contributed by atoms with E-state index in [9.17, 15) is 4.79 Å². The van der Waals surface area contributed by atoms with E-state index >= 15 is 0 Å². The molecule has 0 aliphatic carbocycles. The molecule has 11 heteroatoms. The molecule has 37 heavy (non-hydrogen) atoms. The Bertz CT molecular complexity index is 1380. The molecule has 1 aromatic heterocycles. The number of benzene rings is 3. The maximum Gasteiger partial charge on any atom is 0.281 e. The molecule has 192 valence electrons. The molecular weight excluding hydrogens is 517 g/mol. The van der Waals surface area contributed by atoms with Gasteiger partial charge in [0.1, 0.15) is 0 Å². The minimum Gasteiger partial charge on any atom is -0.493 e. The van der Waals surface area contributed by atoms with E-state index in [4.69, 9.17) is 37.4 Å². The van der Waals surface area contributed by atoms with Crippen LogP contribution in [0.15, 0.2) is 60.7 Å². The summed E-state index contributed by atoms with van der Waals surface area (Å²) in [5, 5.41) is 12.0. The zero-order chi connectivity index (χ0) is 26.4. The number of rotatable bonds is 10. The van der Waals surface area contributed by atoms with Crippen molar-refractivity contribution in [2.75, 3.05) is 32.0 Å². The Balaban J connectivity index is 1.66. The first-order valence-corrected chi connectivity index (χ1v) is 12.0. The van der Waals surface area contributed by atoms with Crippen LogP contribution in [0, 0.1) is 0 Å². The summed E-state index contributed by atoms with van der Waals surface area (Å²) >= 11 is 12.2. The number of ether oxygens (including phenoxy) is 3. The molecule has 2 N–H and O–H groups in total. The topological polar surface area (TPSA) is 99.5 Å². The van der Waals surface area contributed by atoms with E-state index in [1.54, 1.807) is 24.3 Å². The summed E-state index contributed by atoms with van der Waals surface area (Å²) in [4.78, 5) is 18.1. The maximum absolute atomic E-state index is 13.6. The zero-order valence-corrected chi connectivity index (χ0v) is 21.9. The van der Waals surface area contributed by atoms with Crippen molar-refractivity contribution in [1.82, 2.24) is 14.8 Å². The molecule has 0 fully saturated rings. The quantitative estimate of drug-likeness (QED) is 0.270. The smallest absolute Gasteiger partial charge is 0.281 e. The summed E-state index contributed by atoms with van der Waals surface area (Å²) in [7, 11) is 4.46. The maximum atomic E-state index is 13.6. The molecule has 4 rings (SSSR count). The number of hydrogen-bond donors (Lipinski definition) is 2. The van der Waals surface area contributed by atoms with Crippen molar-refractivity contribution in [2.24, 2.45) is 0 Å². The van der Waals surface area contributed by atoms with Gasteiger partial charge < -0.3 is 24.8 Å². The summed E-state index contributed by atoms with van der Waals surface area (Å²) in [5.41, 5.74) is 2.12. The molecule has 0 aliphatic heterocycles. The van der Waals surface area contributed by atoms with E-state index in [1.165, 1.54) is 26.0 Å². The zero-order valence-electron chi connectivity index (χ0n) is 20.4. The van der Waals surface area contributed by atoms with Crippen LogP contribution in [0.4, 0.5) is 11.9 Å². The van der Waals surface area contributed by atoms with Crippen LogP contribution in [0.1, 0.15) is 21.5 Å². The van der Waals surface area contributed by atoms with Crippen molar-refractivity contribution in [3.8, 4) is 17.2 Å². The average molecular weight is 542 g/mol. The molecule has 0 amide bonds. The fourth-order valence-electron chi connectivity index (χ4n) is 3.63. The van der Waals surface area contributed by atoms with Crippen LogP contribution in [0.2, 0.25) is 10.0 Å². The molecule has 0 atom stereocenters. The minimum absolute atomic E-state index is 0.243. The third kappa shape index (κ3) is 6.25. The standard InChI is InChI=1S/C26H25Cl2N5O4/c1-35-21-12-18(13-22(36-2)23(21)37-3)24(34)33-26(30-15-17-7-5-9-20(28)11-17)31-25(32-33)29-14-16-6-4-8-19(27)10-16/h4-13H,14-15H2,1-3H3,(H2,29,30,31,32). The largest absolute Gasteiger partial charge is 0.493 e. The minimum atomic E-state index is -0.448. The predicted octanol–water partition coefficient (Wildman–Crippen LogP) is 5.52. The van der Waals surface area contributed by atoms with Gasteiger partial charge in [0.15, 0.2) is 11.5 Å². The Morgan fingerprint density at radius 1 is 0.838 bits per heavy atom. The first kappa shape index (κ1) is 26.1. The Hall–Kier alpha value is -3.95. The second kappa shape index (κ2) is 11.9. The lowest BCUT2D eigenvalue weighted by Gasteiger charge is -2.14. The number of methoxy groups -OCH3 is 3. The van der Waals surface area contributed by atoms with Gasteiger partial charge in [-0.3, -0.25) is 4.79 Å². The van der Waals surface area contributed by atoms with E-state index in [0.29, 0.717) is 40.4 Å². The highest BCUT2D eigenvalue weighted by Crippen LogP contribution is 2.38. The van der Waals surface area contributed by atoms with Crippen LogP contribution < -0.4 is 24.8 Å². The van der Waals surface area contributed by atoms with Gasteiger partial charge in [0, 0.05) is 28.7 Å². The van der Waals surface area contributed by atoms with Crippen LogP contribution in [0.3, 0.4) is 0 Å². The first-order valence-electron chi connectivity index (χ1n) is 11.2. The highest BCUT2D eigenvalue weighted by molar-refractivity contribution is 6.30. The predicted molar refractivity (Wildman–Crippen MR) is 143 cm³/mol. The number of nitrogens with one attached hydrogen (secondary N) is 2. The van der Waals surface area contributed by atoms with Crippen molar-refractivity contribution < 1.29 is 19.0 Å². The van der Waals surface area contributed by atoms with Gasteiger partial charge >= 0.3 is 0 Å². The van der Waals surface area contributed by atoms with Crippen LogP contribution in [0.5, 0.6) is 17.2 Å². The van der Waals surface area contributed by atoms with Gasteiger partial charge in [-0.05, 0) is 47.5 Å². The molecule has 0 unspecified atom stereocenters. The Kier molecular flexibility index (Phi) is 8.37. The normalized spacial score (nSPS) is 10.6. The van der Waals surface area contributed by atoms with Gasteiger partial charge in [-0.25, -0.2) is 0 Å². The lowest BCUT2D eigenvalue weighted by Crippen LogP contribution is -2.18. The highest BCUT2D eigenvalue weighted by Gasteiger charge is 2.22. The lowest BCUT2D eigenvalue weighted by molar-refractivity contribution is 0.0946. The molecular formula is C26H25Cl2N5O4. The van der Waals surface area contributed by atoms with Gasteiger partial charge in [-0.1, -0.05) is 47.5 Å². The van der Waals surface area contributed by atoms with Crippen LogP contribution in [0.25, 0.3) is 0 Å². The number of carbonyl (C=O) groups excluding carboxylic acids is 1. The Morgan fingerprint density at radius 2 is 1.41 bits per heavy atom. The third-order valence-corrected chi connectivity index (χ3v) is 5.86. The number of aromatic nitrogens is 3. The van der Waals surface area contributed by atoms with Crippen molar-refractivity contribution in [2.45, 2.75) is 13.1 Å². The van der Waals surface area contributed by atoms with Gasteiger partial charge in [0.05, 0.1) is 21.3 Å². The molecule has 4 aromatic rings. The molecule has 1 heterocycles. The number of anilines is 2. The fourth-order valence-corrected chi connectivity index (χ4v) is 4.05. The second-order valence-corrected chi connectivity index (χ2v) is 8.73. The molecule has 0 saturated heterocycles. The van der Waals surface area contributed by atoms with Crippen molar-refractivity contribution >= 4 is 41.0 Å². The fraction of sp³-hybridized carbons (Fsp3) is 0.192. The summed E-state index contributed by atoms with van der Waals surface area (Å²) in [6.07, 6.45) is 0. The van der Waals surface area contributed by atoms with E-state index in [1.807, 2.05) is 36.4 Å². The summed E-state index contributed by atoms with van der Waals surface area (Å²) in [6, 6.07) is 17.9. The van der Waals surface area contributed by atoms with Crippen LogP contribution >= 0.6 is 23.2 Å². The monoisotopic (exact) mass is 541 g/mol. The van der Waals surface area contributed by atoms with Crippen LogP contribution in [-0.4, -0.2) is 42.0 Å². The highest BCUT2D eigenvalue weighted by atomic mass is 35.5. The van der Waals surface area contributed by atoms with E-state index in [0.717, 1.165) is 11.1 Å². The summed E-state index contributed by atoms with van der Waals surface area (Å²) in [6.45, 7) is 0.784. The first-order chi connectivity index (χ1) is 17.9. The van der Waals surface area contributed by atoms with Gasteiger partial charge in [0.2, 0.25) is 17.6 Å². The number of carbonyl (C=O) groups is 1. The molecule has 0 bridgehead atoms. The Labute approximate surface area is 224 Å². The van der Waals surface area contributed by atoms with Crippen molar-refractivity contribution in [1.29, 1.82) is 0 Å². The van der Waals surface area contributed by atoms with E-state index < -0.39 is 5.91 Å². The van der Waals surface area contributed by atoms with E-state index in [2.05, 4.69) is 20.7 Å². The van der Waals surface area contributed by atoms with E-state index in [-0.39, 0.29) is 17.5 Å². The third-order valence-electron chi connectivity index (χ3n) is 5.39. The van der Waals surface area contributed by atoms with Gasteiger partial charge in [0.25, 0.3) is 5.91 Å². The average Bonchev–Trinajstić information content (AvgIpc) is 3.32. The summed E-state index contributed by atoms with van der Waals surface area (Å²) in [5.74, 6) is 1.12. The molecule has 0 aliphatic rings. The Morgan fingerprint density at radius 3 is 1.92 bits per heavy atom. The van der Waals surface area contributed by atoms with Crippen molar-refractivity contribution in [3.63, 3.8) is 0 Å². The van der Waals surface area contributed by atoms with Crippen LogP contribution in [-0.2, 0) is 13.1 Å². The number of hydrogen-bond acceptors (Lipinski definition) is 8. The van der Waals surface area contributed by atoms with Gasteiger partial charge in [-0.15, -0.1) is 5.10 Å².